The third-order valence-electron chi connectivity index (χ3n) is 5.14. The highest BCUT2D eigenvalue weighted by atomic mass is 19.1. The zero-order chi connectivity index (χ0) is 20.6. The Labute approximate surface area is 171 Å². The van der Waals surface area contributed by atoms with Crippen LogP contribution >= 0.6 is 0 Å². The Morgan fingerprint density at radius 1 is 0.931 bits per heavy atom. The molecule has 1 atom stereocenters. The summed E-state index contributed by atoms with van der Waals surface area (Å²) in [5.41, 5.74) is 3.24. The largest absolute Gasteiger partial charge is 0.497 e. The highest BCUT2D eigenvalue weighted by molar-refractivity contribution is 5.73. The highest BCUT2D eigenvalue weighted by Crippen LogP contribution is 2.30. The van der Waals surface area contributed by atoms with Gasteiger partial charge in [-0.05, 0) is 47.4 Å². The van der Waals surface area contributed by atoms with E-state index >= 15 is 0 Å². The van der Waals surface area contributed by atoms with Gasteiger partial charge >= 0.3 is 0 Å². The first-order valence-electron chi connectivity index (χ1n) is 9.75. The molecule has 3 aromatic rings. The Morgan fingerprint density at radius 2 is 1.52 bits per heavy atom. The Hall–Kier alpha value is -3.14. The molecule has 0 heterocycles. The van der Waals surface area contributed by atoms with Crippen LogP contribution in [0.3, 0.4) is 0 Å². The summed E-state index contributed by atoms with van der Waals surface area (Å²) in [5, 5.41) is 0. The van der Waals surface area contributed by atoms with Crippen LogP contribution in [0.25, 0.3) is 0 Å². The first-order valence-corrected chi connectivity index (χ1v) is 9.75. The van der Waals surface area contributed by atoms with Crippen LogP contribution in [0.1, 0.15) is 36.0 Å². The van der Waals surface area contributed by atoms with Crippen LogP contribution in [-0.4, -0.2) is 24.5 Å². The van der Waals surface area contributed by atoms with E-state index in [-0.39, 0.29) is 17.6 Å². The lowest BCUT2D eigenvalue weighted by Gasteiger charge is -2.25. The van der Waals surface area contributed by atoms with Gasteiger partial charge in [-0.2, -0.15) is 0 Å². The molecule has 150 valence electrons. The van der Waals surface area contributed by atoms with Crippen molar-refractivity contribution in [1.82, 2.24) is 4.90 Å². The lowest BCUT2D eigenvalue weighted by molar-refractivity contribution is -0.129. The van der Waals surface area contributed by atoms with Crippen molar-refractivity contribution in [1.29, 1.82) is 0 Å². The molecule has 0 aliphatic carbocycles. The minimum atomic E-state index is -0.253. The van der Waals surface area contributed by atoms with Crippen LogP contribution in [0, 0.1) is 5.82 Å². The summed E-state index contributed by atoms with van der Waals surface area (Å²) < 4.78 is 18.7. The van der Waals surface area contributed by atoms with Crippen molar-refractivity contribution in [2.75, 3.05) is 13.7 Å². The molecular formula is C25H26FNO2. The van der Waals surface area contributed by atoms with Gasteiger partial charge in [0.1, 0.15) is 11.6 Å². The molecule has 0 spiro atoms. The second kappa shape index (κ2) is 9.87. The van der Waals surface area contributed by atoms with Crippen LogP contribution in [0.2, 0.25) is 0 Å². The SMILES string of the molecule is COc1ccc(C(CCN(Cc2ccccc2)C(C)=O)c2ccc(F)cc2)cc1. The number of carbonyl (C=O) groups is 1. The second-order valence-corrected chi connectivity index (χ2v) is 7.09. The van der Waals surface area contributed by atoms with E-state index in [1.165, 1.54) is 12.1 Å². The quantitative estimate of drug-likeness (QED) is 0.514. The molecule has 29 heavy (non-hydrogen) atoms. The van der Waals surface area contributed by atoms with E-state index in [0.717, 1.165) is 28.9 Å². The van der Waals surface area contributed by atoms with Crippen molar-refractivity contribution in [3.05, 3.63) is 101 Å². The predicted molar refractivity (Wildman–Crippen MR) is 113 cm³/mol. The number of hydrogen-bond acceptors (Lipinski definition) is 2. The number of carbonyl (C=O) groups excluding carboxylic acids is 1. The van der Waals surface area contributed by atoms with Gasteiger partial charge in [-0.25, -0.2) is 4.39 Å². The zero-order valence-electron chi connectivity index (χ0n) is 16.8. The maximum Gasteiger partial charge on any atom is 0.219 e. The van der Waals surface area contributed by atoms with Crippen molar-refractivity contribution < 1.29 is 13.9 Å². The summed E-state index contributed by atoms with van der Waals surface area (Å²) in [5.74, 6) is 0.637. The molecule has 0 saturated carbocycles. The van der Waals surface area contributed by atoms with Gasteiger partial charge in [-0.15, -0.1) is 0 Å². The smallest absolute Gasteiger partial charge is 0.219 e. The topological polar surface area (TPSA) is 29.5 Å². The Morgan fingerprint density at radius 3 is 2.07 bits per heavy atom. The van der Waals surface area contributed by atoms with E-state index in [9.17, 15) is 9.18 Å². The molecule has 0 aliphatic heterocycles. The van der Waals surface area contributed by atoms with Crippen LogP contribution in [0.4, 0.5) is 4.39 Å². The first kappa shape index (κ1) is 20.6. The van der Waals surface area contributed by atoms with Gasteiger partial charge in [-0.1, -0.05) is 54.6 Å². The van der Waals surface area contributed by atoms with E-state index in [1.54, 1.807) is 14.0 Å². The molecular weight excluding hydrogens is 365 g/mol. The normalized spacial score (nSPS) is 11.7. The number of halogens is 1. The summed E-state index contributed by atoms with van der Waals surface area (Å²) in [6.07, 6.45) is 0.740. The van der Waals surface area contributed by atoms with Crippen LogP contribution in [0.15, 0.2) is 78.9 Å². The van der Waals surface area contributed by atoms with Crippen molar-refractivity contribution in [3.63, 3.8) is 0 Å². The molecule has 0 aliphatic rings. The van der Waals surface area contributed by atoms with Crippen molar-refractivity contribution >= 4 is 5.91 Å². The molecule has 0 aromatic heterocycles. The van der Waals surface area contributed by atoms with E-state index in [0.29, 0.717) is 13.1 Å². The van der Waals surface area contributed by atoms with Gasteiger partial charge in [0.25, 0.3) is 0 Å². The van der Waals surface area contributed by atoms with Crippen molar-refractivity contribution in [2.45, 2.75) is 25.8 Å². The maximum atomic E-state index is 13.4. The Kier molecular flexibility index (Phi) is 7.01. The molecule has 3 rings (SSSR count). The summed E-state index contributed by atoms with van der Waals surface area (Å²) in [6, 6.07) is 24.5. The predicted octanol–water partition coefficient (Wildman–Crippen LogP) is 5.41. The number of ether oxygens (including phenoxy) is 1. The lowest BCUT2D eigenvalue weighted by atomic mass is 9.88. The van der Waals surface area contributed by atoms with Gasteiger partial charge in [-0.3, -0.25) is 4.79 Å². The molecule has 3 nitrogen and oxygen atoms in total. The molecule has 0 bridgehead atoms. The minimum Gasteiger partial charge on any atom is -0.497 e. The Bertz CT molecular complexity index is 908. The Balaban J connectivity index is 1.81. The van der Waals surface area contributed by atoms with Gasteiger partial charge in [0.2, 0.25) is 5.91 Å². The van der Waals surface area contributed by atoms with Gasteiger partial charge < -0.3 is 9.64 Å². The van der Waals surface area contributed by atoms with E-state index in [2.05, 4.69) is 0 Å². The number of rotatable bonds is 8. The molecule has 0 saturated heterocycles. The van der Waals surface area contributed by atoms with E-state index in [1.807, 2.05) is 71.6 Å². The van der Waals surface area contributed by atoms with Gasteiger partial charge in [0.05, 0.1) is 7.11 Å². The fourth-order valence-corrected chi connectivity index (χ4v) is 3.49. The molecule has 1 unspecified atom stereocenters. The fourth-order valence-electron chi connectivity index (χ4n) is 3.49. The first-order chi connectivity index (χ1) is 14.1. The monoisotopic (exact) mass is 391 g/mol. The third kappa shape index (κ3) is 5.67. The molecule has 3 aromatic carbocycles. The zero-order valence-corrected chi connectivity index (χ0v) is 16.8. The lowest BCUT2D eigenvalue weighted by Crippen LogP contribution is -2.30. The summed E-state index contributed by atoms with van der Waals surface area (Å²) >= 11 is 0. The minimum absolute atomic E-state index is 0.0430. The number of benzene rings is 3. The van der Waals surface area contributed by atoms with Crippen LogP contribution in [-0.2, 0) is 11.3 Å². The van der Waals surface area contributed by atoms with Crippen LogP contribution in [0.5, 0.6) is 5.75 Å². The summed E-state index contributed by atoms with van der Waals surface area (Å²) in [4.78, 5) is 14.1. The average Bonchev–Trinajstić information content (AvgIpc) is 2.75. The van der Waals surface area contributed by atoms with Crippen molar-refractivity contribution in [3.8, 4) is 5.75 Å². The molecule has 0 N–H and O–H groups in total. The van der Waals surface area contributed by atoms with E-state index < -0.39 is 0 Å². The second-order valence-electron chi connectivity index (χ2n) is 7.09. The fraction of sp³-hybridized carbons (Fsp3) is 0.240. The highest BCUT2D eigenvalue weighted by Gasteiger charge is 2.18. The average molecular weight is 391 g/mol. The number of methoxy groups -OCH3 is 1. The molecule has 1 amide bonds. The maximum absolute atomic E-state index is 13.4. The molecule has 0 fully saturated rings. The van der Waals surface area contributed by atoms with E-state index in [4.69, 9.17) is 4.74 Å². The van der Waals surface area contributed by atoms with Crippen LogP contribution < -0.4 is 4.74 Å². The molecule has 0 radical (unpaired) electrons. The number of hydrogen-bond donors (Lipinski definition) is 0. The standard InChI is InChI=1S/C25H26FNO2/c1-19(28)27(18-20-6-4-3-5-7-20)17-16-25(21-8-12-23(26)13-9-21)22-10-14-24(29-2)15-11-22/h3-15,25H,16-18H2,1-2H3. The van der Waals surface area contributed by atoms with Crippen molar-refractivity contribution in [2.24, 2.45) is 0 Å². The van der Waals surface area contributed by atoms with Gasteiger partial charge in [0.15, 0.2) is 0 Å². The number of amides is 1. The number of nitrogens with zero attached hydrogens (tertiary/aromatic N) is 1. The van der Waals surface area contributed by atoms with Gasteiger partial charge in [0, 0.05) is 25.9 Å². The third-order valence-corrected chi connectivity index (χ3v) is 5.14. The summed E-state index contributed by atoms with van der Waals surface area (Å²) in [6.45, 7) is 2.79. The summed E-state index contributed by atoms with van der Waals surface area (Å²) in [7, 11) is 1.64. The molecule has 4 heteroatoms.